The van der Waals surface area contributed by atoms with Crippen molar-refractivity contribution >= 4 is 31.5 Å². The van der Waals surface area contributed by atoms with E-state index in [4.69, 9.17) is 35.7 Å². The van der Waals surface area contributed by atoms with Crippen molar-refractivity contribution in [3.63, 3.8) is 0 Å². The molecule has 34 heavy (non-hydrogen) atoms. The molecule has 1 spiro atoms. The molecule has 0 amide bonds. The average Bonchev–Trinajstić information content (AvgIpc) is 2.74. The summed E-state index contributed by atoms with van der Waals surface area (Å²) in [4.78, 5) is 37.0. The summed E-state index contributed by atoms with van der Waals surface area (Å²) in [5.41, 5.74) is -0.258. The van der Waals surface area contributed by atoms with Crippen molar-refractivity contribution in [2.45, 2.75) is 43.5 Å². The van der Waals surface area contributed by atoms with Crippen LogP contribution in [0, 0.1) is 23.7 Å². The van der Waals surface area contributed by atoms with Gasteiger partial charge >= 0.3 is 13.8 Å². The van der Waals surface area contributed by atoms with E-state index in [1.54, 1.807) is 6.07 Å². The van der Waals surface area contributed by atoms with Gasteiger partial charge in [0.1, 0.15) is 0 Å². The van der Waals surface area contributed by atoms with Crippen molar-refractivity contribution in [1.82, 2.24) is 0 Å². The molecular weight excluding hydrogens is 491 g/mol. The first-order chi connectivity index (χ1) is 16.2. The Bertz CT molecular complexity index is 1040. The van der Waals surface area contributed by atoms with Gasteiger partial charge in [0.05, 0.1) is 12.1 Å². The van der Waals surface area contributed by atoms with Crippen LogP contribution < -0.4 is 4.52 Å². The number of benzene rings is 1. The van der Waals surface area contributed by atoms with Crippen LogP contribution in [0.5, 0.6) is 5.75 Å². The highest BCUT2D eigenvalue weighted by molar-refractivity contribution is 7.47. The van der Waals surface area contributed by atoms with E-state index in [9.17, 15) is 14.3 Å². The van der Waals surface area contributed by atoms with Crippen LogP contribution >= 0.6 is 19.4 Å². The number of phosphoric ester groups is 1. The number of ether oxygens (including phenoxy) is 1. The fraction of sp³-hybridized carbons (Fsp3) is 0.591. The second-order valence-corrected chi connectivity index (χ2v) is 11.0. The molecule has 5 aliphatic rings. The highest BCUT2D eigenvalue weighted by atomic mass is 35.5. The topological polar surface area (TPSA) is 130 Å². The van der Waals surface area contributed by atoms with Gasteiger partial charge < -0.3 is 14.4 Å². The van der Waals surface area contributed by atoms with Gasteiger partial charge in [0.25, 0.3) is 5.79 Å². The van der Waals surface area contributed by atoms with Crippen LogP contribution in [0.25, 0.3) is 6.08 Å². The normalized spacial score (nSPS) is 37.6. The summed E-state index contributed by atoms with van der Waals surface area (Å²) in [5, 5.41) is 8.95. The monoisotopic (exact) mass is 516 g/mol. The third-order valence-corrected chi connectivity index (χ3v) is 8.84. The molecule has 1 aromatic carbocycles. The number of carboxylic acids is 1. The Morgan fingerprint density at radius 1 is 1.15 bits per heavy atom. The lowest BCUT2D eigenvalue weighted by atomic mass is 9.47. The zero-order valence-electron chi connectivity index (χ0n) is 18.6. The van der Waals surface area contributed by atoms with Gasteiger partial charge in [-0.1, -0.05) is 23.7 Å². The molecule has 6 rings (SSSR count). The number of hydrogen-bond acceptors (Lipinski definition) is 8. The summed E-state index contributed by atoms with van der Waals surface area (Å²) < 4.78 is 27.9. The van der Waals surface area contributed by atoms with Crippen molar-refractivity contribution in [3.05, 3.63) is 34.4 Å². The number of phosphoric acid groups is 1. The molecule has 4 aliphatic carbocycles. The van der Waals surface area contributed by atoms with Gasteiger partial charge in [-0.3, -0.25) is 4.89 Å². The summed E-state index contributed by atoms with van der Waals surface area (Å²) >= 11 is 6.76. The standard InChI is InChI=1S/C22H26ClO10P/c1-28-22(21(31-32-22)15-8-12-7-13(10-15)11-16(21)9-12)17-5-3-14(4-6-18(24)25)20(19(17)23)30-34(26,27)33-29-2/h3-6,12-13,15-16H,7-11H2,1-2H3,(H,24,25)(H,26,27)/b6-4+. The minimum atomic E-state index is -4.75. The molecule has 5 fully saturated rings. The maximum atomic E-state index is 12.3. The van der Waals surface area contributed by atoms with E-state index in [1.165, 1.54) is 25.7 Å². The minimum absolute atomic E-state index is 0.0835. The van der Waals surface area contributed by atoms with Crippen LogP contribution in [0.2, 0.25) is 5.02 Å². The number of carboxylic acid groups (broad SMARTS) is 1. The molecule has 1 aliphatic heterocycles. The molecule has 0 radical (unpaired) electrons. The molecule has 1 aromatic rings. The number of rotatable bonds is 8. The van der Waals surface area contributed by atoms with Crippen LogP contribution in [-0.4, -0.2) is 35.8 Å². The van der Waals surface area contributed by atoms with Gasteiger partial charge in [0.2, 0.25) is 0 Å². The highest BCUT2D eigenvalue weighted by Crippen LogP contribution is 2.70. The lowest BCUT2D eigenvalue weighted by Crippen LogP contribution is -2.76. The van der Waals surface area contributed by atoms with Gasteiger partial charge in [-0.2, -0.15) is 4.89 Å². The van der Waals surface area contributed by atoms with Crippen molar-refractivity contribution in [1.29, 1.82) is 0 Å². The van der Waals surface area contributed by atoms with E-state index < -0.39 is 25.2 Å². The summed E-state index contributed by atoms with van der Waals surface area (Å²) in [6.07, 6.45) is 7.33. The second-order valence-electron chi connectivity index (χ2n) is 9.40. The van der Waals surface area contributed by atoms with E-state index in [1.807, 2.05) is 0 Å². The Kier molecular flexibility index (Phi) is 6.10. The number of aliphatic carboxylic acids is 1. The Morgan fingerprint density at radius 3 is 2.29 bits per heavy atom. The molecule has 4 bridgehead atoms. The molecule has 2 N–H and O–H groups in total. The molecule has 0 aromatic heterocycles. The fourth-order valence-corrected chi connectivity index (χ4v) is 7.80. The van der Waals surface area contributed by atoms with Gasteiger partial charge in [-0.25, -0.2) is 19.1 Å². The molecule has 1 heterocycles. The van der Waals surface area contributed by atoms with Gasteiger partial charge in [0, 0.05) is 24.3 Å². The summed E-state index contributed by atoms with van der Waals surface area (Å²) in [6, 6.07) is 3.14. The maximum Gasteiger partial charge on any atom is 0.555 e. The third kappa shape index (κ3) is 3.55. The summed E-state index contributed by atoms with van der Waals surface area (Å²) in [5.74, 6) is -1.10. The van der Waals surface area contributed by atoms with Gasteiger partial charge in [0.15, 0.2) is 11.4 Å². The molecule has 2 atom stereocenters. The number of halogens is 1. The summed E-state index contributed by atoms with van der Waals surface area (Å²) in [6.45, 7) is 0. The number of hydrogen-bond donors (Lipinski definition) is 2. The van der Waals surface area contributed by atoms with Crippen LogP contribution in [0.4, 0.5) is 0 Å². The van der Waals surface area contributed by atoms with E-state index in [0.29, 0.717) is 17.4 Å². The predicted octanol–water partition coefficient (Wildman–Crippen LogP) is 4.45. The first-order valence-electron chi connectivity index (χ1n) is 11.1. The quantitative estimate of drug-likeness (QED) is 0.221. The number of methoxy groups -OCH3 is 1. The zero-order chi connectivity index (χ0) is 24.3. The SMILES string of the molecule is COOP(=O)(O)Oc1c(/C=C/C(=O)O)ccc(C2(OC)OOC23C2CC4CC(C2)CC3C4)c1Cl. The molecule has 2 unspecified atom stereocenters. The van der Waals surface area contributed by atoms with E-state index >= 15 is 0 Å². The molecule has 10 nitrogen and oxygen atoms in total. The number of carbonyl (C=O) groups is 1. The Hall–Kier alpha value is -1.49. The molecular formula is C22H26ClO10P. The van der Waals surface area contributed by atoms with E-state index in [-0.39, 0.29) is 28.2 Å². The second kappa shape index (κ2) is 8.57. The van der Waals surface area contributed by atoms with Crippen LogP contribution in [0.15, 0.2) is 18.2 Å². The Balaban J connectivity index is 1.61. The maximum absolute atomic E-state index is 12.3. The molecule has 186 valence electrons. The first kappa shape index (κ1) is 24.2. The van der Waals surface area contributed by atoms with Crippen molar-refractivity contribution in [2.24, 2.45) is 23.7 Å². The van der Waals surface area contributed by atoms with Crippen molar-refractivity contribution in [3.8, 4) is 5.75 Å². The minimum Gasteiger partial charge on any atom is -0.478 e. The highest BCUT2D eigenvalue weighted by Gasteiger charge is 2.77. The predicted molar refractivity (Wildman–Crippen MR) is 117 cm³/mol. The smallest absolute Gasteiger partial charge is 0.478 e. The zero-order valence-corrected chi connectivity index (χ0v) is 20.3. The third-order valence-electron chi connectivity index (χ3n) is 7.71. The lowest BCUT2D eigenvalue weighted by molar-refractivity contribution is -0.645. The van der Waals surface area contributed by atoms with E-state index in [0.717, 1.165) is 38.9 Å². The largest absolute Gasteiger partial charge is 0.555 e. The Morgan fingerprint density at radius 2 is 1.79 bits per heavy atom. The molecule has 4 saturated carbocycles. The first-order valence-corrected chi connectivity index (χ1v) is 12.9. The molecule has 1 saturated heterocycles. The van der Waals surface area contributed by atoms with Crippen molar-refractivity contribution in [2.75, 3.05) is 14.2 Å². The lowest BCUT2D eigenvalue weighted by Gasteiger charge is -2.68. The average molecular weight is 517 g/mol. The van der Waals surface area contributed by atoms with Crippen molar-refractivity contribution < 1.29 is 48.0 Å². The molecule has 12 heteroatoms. The summed E-state index contributed by atoms with van der Waals surface area (Å²) in [7, 11) is -2.19. The van der Waals surface area contributed by atoms with E-state index in [2.05, 4.69) is 9.56 Å². The van der Waals surface area contributed by atoms with Gasteiger partial charge in [-0.15, -0.1) is 4.67 Å². The van der Waals surface area contributed by atoms with Crippen LogP contribution in [0.1, 0.15) is 43.2 Å². The van der Waals surface area contributed by atoms with Crippen LogP contribution in [-0.2, 0) is 39.2 Å². The van der Waals surface area contributed by atoms with Crippen LogP contribution in [0.3, 0.4) is 0 Å². The van der Waals surface area contributed by atoms with Gasteiger partial charge in [-0.05, 0) is 61.9 Å². The Labute approximate surface area is 201 Å². The fourth-order valence-electron chi connectivity index (χ4n) is 6.77.